The zero-order valence-corrected chi connectivity index (χ0v) is 14.0. The summed E-state index contributed by atoms with van der Waals surface area (Å²) in [6.07, 6.45) is 0. The molecule has 0 radical (unpaired) electrons. The maximum absolute atomic E-state index is 10.4. The third kappa shape index (κ3) is 4.58. The number of aromatic amines is 1. The van der Waals surface area contributed by atoms with Gasteiger partial charge in [-0.2, -0.15) is 0 Å². The fourth-order valence-electron chi connectivity index (χ4n) is 1.94. The van der Waals surface area contributed by atoms with Crippen LogP contribution in [0.2, 0.25) is 0 Å². The molecule has 0 amide bonds. The Kier molecular flexibility index (Phi) is 5.08. The van der Waals surface area contributed by atoms with E-state index in [9.17, 15) is 13.0 Å². The lowest BCUT2D eigenvalue weighted by molar-refractivity contribution is -0.356. The highest BCUT2D eigenvalue weighted by molar-refractivity contribution is 7.85. The van der Waals surface area contributed by atoms with Gasteiger partial charge in [-0.25, -0.2) is 18.4 Å². The topological polar surface area (TPSA) is 84.2 Å². The number of aryl methyl sites for hydroxylation is 3. The van der Waals surface area contributed by atoms with Crippen LogP contribution in [-0.2, 0) is 10.1 Å². The maximum Gasteiger partial charge on any atom is 0.229 e. The van der Waals surface area contributed by atoms with Gasteiger partial charge < -0.3 is 4.55 Å². The third-order valence-corrected chi connectivity index (χ3v) is 4.22. The molecule has 0 unspecified atom stereocenters. The number of H-pyrrole nitrogens is 1. The number of hydrogen-bond donors (Lipinski definition) is 0. The van der Waals surface area contributed by atoms with Gasteiger partial charge in [0.2, 0.25) is 5.52 Å². The quantitative estimate of drug-likeness (QED) is 0.642. The number of aromatic nitrogens is 2. The molecule has 0 fully saturated rings. The number of nitrogens with zero attached hydrogens (tertiary/aromatic N) is 1. The summed E-state index contributed by atoms with van der Waals surface area (Å²) in [7, 11) is -4.27. The lowest BCUT2D eigenvalue weighted by Crippen LogP contribution is -2.12. The Labute approximate surface area is 135 Å². The first-order valence-electron chi connectivity index (χ1n) is 7.05. The SMILES string of the molecule is Cc1ccc(S(=O)(=O)[O-])cc1.Cc1nc2ccccc2[nH+]c1C. The molecule has 0 bridgehead atoms. The molecule has 0 aliphatic rings. The summed E-state index contributed by atoms with van der Waals surface area (Å²) in [5.41, 5.74) is 5.25. The second-order valence-corrected chi connectivity index (χ2v) is 6.61. The van der Waals surface area contributed by atoms with Crippen LogP contribution < -0.4 is 4.98 Å². The molecule has 0 aliphatic carbocycles. The molecule has 6 heteroatoms. The van der Waals surface area contributed by atoms with Gasteiger partial charge in [-0.1, -0.05) is 29.8 Å². The Morgan fingerprint density at radius 2 is 1.57 bits per heavy atom. The third-order valence-electron chi connectivity index (χ3n) is 3.37. The van der Waals surface area contributed by atoms with Crippen LogP contribution in [0, 0.1) is 20.8 Å². The van der Waals surface area contributed by atoms with Crippen molar-refractivity contribution in [3.8, 4) is 0 Å². The summed E-state index contributed by atoms with van der Waals surface area (Å²) in [5, 5.41) is 0. The molecule has 1 aromatic heterocycles. The van der Waals surface area contributed by atoms with Crippen LogP contribution in [-0.4, -0.2) is 18.0 Å². The van der Waals surface area contributed by atoms with Crippen molar-refractivity contribution >= 4 is 21.2 Å². The second kappa shape index (κ2) is 6.85. The average Bonchev–Trinajstić information content (AvgIpc) is 2.48. The first-order valence-corrected chi connectivity index (χ1v) is 8.46. The Bertz CT molecular complexity index is 880. The molecule has 2 aromatic carbocycles. The van der Waals surface area contributed by atoms with Crippen molar-refractivity contribution in [2.75, 3.05) is 0 Å². The molecule has 1 heterocycles. The van der Waals surface area contributed by atoms with E-state index < -0.39 is 10.1 Å². The van der Waals surface area contributed by atoms with Crippen molar-refractivity contribution in [1.29, 1.82) is 0 Å². The smallest absolute Gasteiger partial charge is 0.229 e. The Morgan fingerprint density at radius 3 is 2.17 bits per heavy atom. The van der Waals surface area contributed by atoms with Crippen molar-refractivity contribution in [3.63, 3.8) is 0 Å². The maximum atomic E-state index is 10.4. The first kappa shape index (κ1) is 17.1. The predicted octanol–water partition coefficient (Wildman–Crippen LogP) is 2.56. The summed E-state index contributed by atoms with van der Waals surface area (Å²) in [4.78, 5) is 7.56. The second-order valence-electron chi connectivity index (χ2n) is 5.23. The minimum atomic E-state index is -4.27. The van der Waals surface area contributed by atoms with Gasteiger partial charge in [-0.05, 0) is 32.0 Å². The minimum Gasteiger partial charge on any atom is -0.744 e. The molecule has 0 saturated carbocycles. The van der Waals surface area contributed by atoms with E-state index in [4.69, 9.17) is 0 Å². The van der Waals surface area contributed by atoms with Crippen molar-refractivity contribution in [2.24, 2.45) is 0 Å². The van der Waals surface area contributed by atoms with Crippen LogP contribution in [0.25, 0.3) is 11.0 Å². The molecule has 1 N–H and O–H groups in total. The largest absolute Gasteiger partial charge is 0.744 e. The van der Waals surface area contributed by atoms with Crippen molar-refractivity contribution in [2.45, 2.75) is 25.7 Å². The zero-order valence-electron chi connectivity index (χ0n) is 13.2. The number of fused-ring (bicyclic) bond motifs is 1. The van der Waals surface area contributed by atoms with Gasteiger partial charge in [0.25, 0.3) is 0 Å². The monoisotopic (exact) mass is 330 g/mol. The van der Waals surface area contributed by atoms with Crippen molar-refractivity contribution < 1.29 is 18.0 Å². The lowest BCUT2D eigenvalue weighted by atomic mass is 10.2. The summed E-state index contributed by atoms with van der Waals surface area (Å²) >= 11 is 0. The summed E-state index contributed by atoms with van der Waals surface area (Å²) < 4.78 is 31.2. The van der Waals surface area contributed by atoms with E-state index in [1.807, 2.05) is 45.0 Å². The van der Waals surface area contributed by atoms with Crippen LogP contribution in [0.4, 0.5) is 0 Å². The Morgan fingerprint density at radius 1 is 0.957 bits per heavy atom. The van der Waals surface area contributed by atoms with E-state index >= 15 is 0 Å². The van der Waals surface area contributed by atoms with Crippen LogP contribution in [0.1, 0.15) is 17.0 Å². The standard InChI is InChI=1S/C10H10N2.C7H8O3S/c1-7-8(2)12-10-6-4-3-5-9(10)11-7;1-6-2-4-7(5-3-6)11(8,9)10/h3-6H,1-2H3;2-5H,1H3,(H,8,9,10). The molecule has 0 atom stereocenters. The van der Waals surface area contributed by atoms with Gasteiger partial charge in [0.05, 0.1) is 4.90 Å². The number of hydrogen-bond acceptors (Lipinski definition) is 4. The lowest BCUT2D eigenvalue weighted by Gasteiger charge is -2.05. The van der Waals surface area contributed by atoms with Crippen molar-refractivity contribution in [3.05, 3.63) is 65.5 Å². The number of benzene rings is 2. The van der Waals surface area contributed by atoms with Gasteiger partial charge >= 0.3 is 0 Å². The summed E-state index contributed by atoms with van der Waals surface area (Å²) in [6.45, 7) is 5.87. The minimum absolute atomic E-state index is 0.178. The normalized spacial score (nSPS) is 11.0. The van der Waals surface area contributed by atoms with Crippen LogP contribution in [0.3, 0.4) is 0 Å². The fourth-order valence-corrected chi connectivity index (χ4v) is 2.41. The molecule has 23 heavy (non-hydrogen) atoms. The number of nitrogens with one attached hydrogen (secondary N) is 1. The molecular weight excluding hydrogens is 312 g/mol. The highest BCUT2D eigenvalue weighted by atomic mass is 32.2. The van der Waals surface area contributed by atoms with Crippen LogP contribution in [0.5, 0.6) is 0 Å². The van der Waals surface area contributed by atoms with Crippen LogP contribution >= 0.6 is 0 Å². The zero-order chi connectivity index (χ0) is 17.0. The molecule has 0 spiro atoms. The van der Waals surface area contributed by atoms with E-state index in [1.54, 1.807) is 12.1 Å². The number of rotatable bonds is 1. The Hall–Kier alpha value is -2.31. The van der Waals surface area contributed by atoms with Gasteiger partial charge in [-0.15, -0.1) is 0 Å². The molecule has 5 nitrogen and oxygen atoms in total. The number of para-hydroxylation sites is 2. The molecular formula is C17H18N2O3S. The molecule has 3 rings (SSSR count). The van der Waals surface area contributed by atoms with E-state index in [0.717, 1.165) is 28.0 Å². The Balaban J connectivity index is 0.000000168. The van der Waals surface area contributed by atoms with Crippen LogP contribution in [0.15, 0.2) is 53.4 Å². The van der Waals surface area contributed by atoms with Gasteiger partial charge in [0.1, 0.15) is 21.3 Å². The highest BCUT2D eigenvalue weighted by Crippen LogP contribution is 2.08. The summed E-state index contributed by atoms with van der Waals surface area (Å²) in [5.74, 6) is 0. The fraction of sp³-hybridized carbons (Fsp3) is 0.176. The molecule has 0 aliphatic heterocycles. The van der Waals surface area contributed by atoms with Gasteiger partial charge in [-0.3, -0.25) is 0 Å². The predicted molar refractivity (Wildman–Crippen MR) is 86.9 cm³/mol. The van der Waals surface area contributed by atoms with E-state index in [1.165, 1.54) is 12.1 Å². The van der Waals surface area contributed by atoms with Crippen molar-refractivity contribution in [1.82, 2.24) is 4.98 Å². The van der Waals surface area contributed by atoms with Gasteiger partial charge in [0, 0.05) is 13.0 Å². The van der Waals surface area contributed by atoms with Gasteiger partial charge in [0.15, 0.2) is 5.69 Å². The summed E-state index contributed by atoms with van der Waals surface area (Å²) in [6, 6.07) is 13.8. The average molecular weight is 330 g/mol. The van der Waals surface area contributed by atoms with E-state index in [2.05, 4.69) is 9.97 Å². The van der Waals surface area contributed by atoms with E-state index in [-0.39, 0.29) is 4.90 Å². The molecule has 3 aromatic rings. The highest BCUT2D eigenvalue weighted by Gasteiger charge is 2.05. The first-order chi connectivity index (χ1) is 10.8. The molecule has 0 saturated heterocycles. The molecule has 120 valence electrons. The van der Waals surface area contributed by atoms with E-state index in [0.29, 0.717) is 0 Å².